The third kappa shape index (κ3) is 3.34. The minimum absolute atomic E-state index is 0.204. The quantitative estimate of drug-likeness (QED) is 0.623. The van der Waals surface area contributed by atoms with Crippen LogP contribution in [0, 0.1) is 0 Å². The average molecular weight is 235 g/mol. The van der Waals surface area contributed by atoms with Crippen molar-refractivity contribution in [1.82, 2.24) is 0 Å². The molecule has 15 heavy (non-hydrogen) atoms. The van der Waals surface area contributed by atoms with E-state index in [1.54, 1.807) is 0 Å². The second kappa shape index (κ2) is 4.35. The van der Waals surface area contributed by atoms with Gasteiger partial charge in [0.05, 0.1) is 5.56 Å². The molecule has 5 heteroatoms. The topological polar surface area (TPSA) is 26.0 Å². The smallest absolute Gasteiger partial charge is 0.398 e. The molecule has 0 aliphatic rings. The highest BCUT2D eigenvalue weighted by atomic mass is 32.2. The van der Waals surface area contributed by atoms with Gasteiger partial charge in [-0.3, -0.25) is 0 Å². The van der Waals surface area contributed by atoms with Crippen molar-refractivity contribution in [3.05, 3.63) is 23.8 Å². The predicted molar refractivity (Wildman–Crippen MR) is 56.8 cm³/mol. The summed E-state index contributed by atoms with van der Waals surface area (Å²) in [7, 11) is 0. The van der Waals surface area contributed by atoms with Gasteiger partial charge < -0.3 is 5.73 Å². The largest absolute Gasteiger partial charge is 0.416 e. The van der Waals surface area contributed by atoms with Crippen LogP contribution in [0.25, 0.3) is 0 Å². The summed E-state index contributed by atoms with van der Waals surface area (Å²) >= 11 is 1.33. The van der Waals surface area contributed by atoms with Crippen LogP contribution in [0.15, 0.2) is 23.1 Å². The van der Waals surface area contributed by atoms with E-state index >= 15 is 0 Å². The van der Waals surface area contributed by atoms with E-state index in [2.05, 4.69) is 0 Å². The Morgan fingerprint density at radius 2 is 1.87 bits per heavy atom. The lowest BCUT2D eigenvalue weighted by atomic mass is 10.2. The van der Waals surface area contributed by atoms with Crippen LogP contribution >= 0.6 is 11.8 Å². The van der Waals surface area contributed by atoms with E-state index in [0.717, 1.165) is 12.1 Å². The first kappa shape index (κ1) is 12.2. The number of benzene rings is 1. The summed E-state index contributed by atoms with van der Waals surface area (Å²) < 4.78 is 37.2. The molecule has 0 saturated heterocycles. The fraction of sp³-hybridized carbons (Fsp3) is 0.400. The number of nitrogen functional groups attached to an aromatic ring is 1. The molecule has 0 amide bonds. The minimum Gasteiger partial charge on any atom is -0.398 e. The Morgan fingerprint density at radius 3 is 2.33 bits per heavy atom. The Hall–Kier alpha value is -0.840. The number of thioether (sulfide) groups is 1. The van der Waals surface area contributed by atoms with Crippen molar-refractivity contribution < 1.29 is 13.2 Å². The van der Waals surface area contributed by atoms with Crippen LogP contribution in [0.3, 0.4) is 0 Å². The molecule has 1 aromatic carbocycles. The number of alkyl halides is 3. The molecule has 2 N–H and O–H groups in total. The second-order valence-electron chi connectivity index (χ2n) is 3.42. The van der Waals surface area contributed by atoms with E-state index in [9.17, 15) is 13.2 Å². The maximum atomic E-state index is 12.4. The Bertz CT molecular complexity index is 347. The minimum atomic E-state index is -4.31. The zero-order valence-corrected chi connectivity index (χ0v) is 9.25. The number of hydrogen-bond donors (Lipinski definition) is 1. The summed E-state index contributed by atoms with van der Waals surface area (Å²) in [6.45, 7) is 3.81. The number of anilines is 1. The highest BCUT2D eigenvalue weighted by molar-refractivity contribution is 8.00. The van der Waals surface area contributed by atoms with Crippen molar-refractivity contribution in [2.45, 2.75) is 30.2 Å². The standard InChI is InChI=1S/C10H12F3NS/c1-6(2)15-9-5-7(10(11,12)13)3-4-8(9)14/h3-6H,14H2,1-2H3. The number of nitrogens with two attached hydrogens (primary N) is 1. The van der Waals surface area contributed by atoms with E-state index in [-0.39, 0.29) is 5.25 Å². The first-order valence-electron chi connectivity index (χ1n) is 4.44. The molecular weight excluding hydrogens is 223 g/mol. The molecule has 0 radical (unpaired) electrons. The summed E-state index contributed by atoms with van der Waals surface area (Å²) in [6.07, 6.45) is -4.31. The molecule has 1 rings (SSSR count). The lowest BCUT2D eigenvalue weighted by Crippen LogP contribution is -2.06. The van der Waals surface area contributed by atoms with Crippen molar-refractivity contribution in [1.29, 1.82) is 0 Å². The summed E-state index contributed by atoms with van der Waals surface area (Å²) in [4.78, 5) is 0.486. The van der Waals surface area contributed by atoms with Crippen molar-refractivity contribution in [2.75, 3.05) is 5.73 Å². The molecule has 0 bridgehead atoms. The maximum absolute atomic E-state index is 12.4. The van der Waals surface area contributed by atoms with E-state index < -0.39 is 11.7 Å². The molecule has 84 valence electrons. The Balaban J connectivity index is 3.06. The maximum Gasteiger partial charge on any atom is 0.416 e. The van der Waals surface area contributed by atoms with Crippen LogP contribution in [0.2, 0.25) is 0 Å². The molecule has 0 aromatic heterocycles. The molecule has 0 heterocycles. The van der Waals surface area contributed by atoms with Crippen molar-refractivity contribution in [3.8, 4) is 0 Å². The monoisotopic (exact) mass is 235 g/mol. The molecule has 0 atom stereocenters. The molecule has 0 unspecified atom stereocenters. The third-order valence-electron chi connectivity index (χ3n) is 1.70. The van der Waals surface area contributed by atoms with Gasteiger partial charge in [-0.2, -0.15) is 13.2 Å². The van der Waals surface area contributed by atoms with E-state index in [1.807, 2.05) is 13.8 Å². The first-order chi connectivity index (χ1) is 6.80. The number of halogens is 3. The van der Waals surface area contributed by atoms with Crippen molar-refractivity contribution in [3.63, 3.8) is 0 Å². The summed E-state index contributed by atoms with van der Waals surface area (Å²) in [5.74, 6) is 0. The predicted octanol–water partition coefficient (Wildman–Crippen LogP) is 3.79. The zero-order valence-electron chi connectivity index (χ0n) is 8.43. The molecule has 0 fully saturated rings. The highest BCUT2D eigenvalue weighted by Gasteiger charge is 2.30. The van der Waals surface area contributed by atoms with Crippen LogP contribution in [-0.4, -0.2) is 5.25 Å². The second-order valence-corrected chi connectivity index (χ2v) is 5.04. The lowest BCUT2D eigenvalue weighted by molar-refractivity contribution is -0.137. The summed E-state index contributed by atoms with van der Waals surface area (Å²) in [5.41, 5.74) is 5.33. The molecule has 0 aliphatic heterocycles. The Kier molecular flexibility index (Phi) is 3.54. The van der Waals surface area contributed by atoms with Gasteiger partial charge in [0.15, 0.2) is 0 Å². The molecule has 0 spiro atoms. The number of rotatable bonds is 2. The van der Waals surface area contributed by atoms with Gasteiger partial charge in [-0.05, 0) is 18.2 Å². The molecule has 1 nitrogen and oxygen atoms in total. The molecule has 1 aromatic rings. The van der Waals surface area contributed by atoms with E-state index in [0.29, 0.717) is 10.6 Å². The number of hydrogen-bond acceptors (Lipinski definition) is 2. The first-order valence-corrected chi connectivity index (χ1v) is 5.32. The molecule has 0 saturated carbocycles. The van der Waals surface area contributed by atoms with E-state index in [1.165, 1.54) is 17.8 Å². The summed E-state index contributed by atoms with van der Waals surface area (Å²) in [6, 6.07) is 3.40. The van der Waals surface area contributed by atoms with Gasteiger partial charge in [0.25, 0.3) is 0 Å². The van der Waals surface area contributed by atoms with Crippen LogP contribution in [0.1, 0.15) is 19.4 Å². The van der Waals surface area contributed by atoms with Gasteiger partial charge in [-0.1, -0.05) is 13.8 Å². The van der Waals surface area contributed by atoms with Gasteiger partial charge >= 0.3 is 6.18 Å². The third-order valence-corrected chi connectivity index (χ3v) is 2.78. The van der Waals surface area contributed by atoms with Crippen LogP contribution < -0.4 is 5.73 Å². The fourth-order valence-corrected chi connectivity index (χ4v) is 1.97. The zero-order chi connectivity index (χ0) is 11.6. The fourth-order valence-electron chi connectivity index (χ4n) is 1.07. The van der Waals surface area contributed by atoms with Crippen molar-refractivity contribution in [2.24, 2.45) is 0 Å². The Labute approximate surface area is 90.9 Å². The SMILES string of the molecule is CC(C)Sc1cc(C(F)(F)F)ccc1N. The van der Waals surface area contributed by atoms with Crippen molar-refractivity contribution >= 4 is 17.4 Å². The van der Waals surface area contributed by atoms with Gasteiger partial charge in [-0.25, -0.2) is 0 Å². The average Bonchev–Trinajstić information content (AvgIpc) is 2.06. The normalized spacial score (nSPS) is 12.1. The summed E-state index contributed by atoms with van der Waals surface area (Å²) in [5, 5.41) is 0.204. The highest BCUT2D eigenvalue weighted by Crippen LogP contribution is 2.35. The molecular formula is C10H12F3NS. The van der Waals surface area contributed by atoms with Gasteiger partial charge in [0.1, 0.15) is 0 Å². The Morgan fingerprint density at radius 1 is 1.27 bits per heavy atom. The van der Waals surface area contributed by atoms with Gasteiger partial charge in [0.2, 0.25) is 0 Å². The van der Waals surface area contributed by atoms with Gasteiger partial charge in [-0.15, -0.1) is 11.8 Å². The van der Waals surface area contributed by atoms with Crippen LogP contribution in [0.5, 0.6) is 0 Å². The van der Waals surface area contributed by atoms with E-state index in [4.69, 9.17) is 5.73 Å². The van der Waals surface area contributed by atoms with Crippen LogP contribution in [-0.2, 0) is 6.18 Å². The molecule has 0 aliphatic carbocycles. The van der Waals surface area contributed by atoms with Gasteiger partial charge in [0, 0.05) is 15.8 Å². The van der Waals surface area contributed by atoms with Crippen LogP contribution in [0.4, 0.5) is 18.9 Å². The lowest BCUT2D eigenvalue weighted by Gasteiger charge is -2.12.